The van der Waals surface area contributed by atoms with Gasteiger partial charge in [0.25, 0.3) is 0 Å². The van der Waals surface area contributed by atoms with E-state index in [9.17, 15) is 22.4 Å². The molecule has 5 nitrogen and oxygen atoms in total. The van der Waals surface area contributed by atoms with Crippen LogP contribution in [0.2, 0.25) is 0 Å². The second-order valence-electron chi connectivity index (χ2n) is 9.90. The molecule has 5 rings (SSSR count). The fraction of sp³-hybridized carbons (Fsp3) is 0.286. The van der Waals surface area contributed by atoms with Crippen LogP contribution in [0, 0.1) is 19.7 Å². The van der Waals surface area contributed by atoms with E-state index in [4.69, 9.17) is 4.74 Å². The molecule has 37 heavy (non-hydrogen) atoms. The molecule has 1 amide bonds. The molecule has 1 aromatic heterocycles. The normalized spacial score (nSPS) is 21.6. The zero-order chi connectivity index (χ0) is 26.7. The summed E-state index contributed by atoms with van der Waals surface area (Å²) in [7, 11) is 1.32. The molecule has 3 atom stereocenters. The standard InChI is InChI=1S/C28H26F4N3O2/c1-16-11-20-15-35(4,27(36)28(30,31)32)18(3)26(24(20)12-17(16)2)37-23-9-10-25-19(13-23)14-33-34(25)22-7-5-21(29)6-8-22/h5-14,18,26H,15H2,1-4H3/q+1/t18-,26-,35?/m0/s1. The van der Waals surface area contributed by atoms with E-state index in [1.54, 1.807) is 48.1 Å². The third kappa shape index (κ3) is 4.27. The average molecular weight is 513 g/mol. The van der Waals surface area contributed by atoms with Gasteiger partial charge in [0.05, 0.1) is 24.4 Å². The van der Waals surface area contributed by atoms with Crippen LogP contribution >= 0.6 is 0 Å². The fourth-order valence-corrected chi connectivity index (χ4v) is 5.08. The molecule has 0 aliphatic carbocycles. The molecule has 1 aliphatic heterocycles. The molecule has 0 radical (unpaired) electrons. The molecule has 0 fully saturated rings. The van der Waals surface area contributed by atoms with Gasteiger partial charge in [0.1, 0.15) is 24.2 Å². The smallest absolute Gasteiger partial charge is 0.479 e. The van der Waals surface area contributed by atoms with Crippen LogP contribution in [0.25, 0.3) is 16.6 Å². The maximum Gasteiger partial charge on any atom is 0.509 e. The van der Waals surface area contributed by atoms with Crippen molar-refractivity contribution < 1.29 is 31.6 Å². The summed E-state index contributed by atoms with van der Waals surface area (Å²) < 4.78 is 61.4. The van der Waals surface area contributed by atoms with Crippen molar-refractivity contribution in [1.29, 1.82) is 0 Å². The van der Waals surface area contributed by atoms with Gasteiger partial charge < -0.3 is 4.74 Å². The highest BCUT2D eigenvalue weighted by Crippen LogP contribution is 2.42. The van der Waals surface area contributed by atoms with Crippen LogP contribution < -0.4 is 4.74 Å². The Morgan fingerprint density at radius 2 is 1.73 bits per heavy atom. The Bertz CT molecular complexity index is 1510. The highest BCUT2D eigenvalue weighted by atomic mass is 19.4. The van der Waals surface area contributed by atoms with Gasteiger partial charge in [0.2, 0.25) is 0 Å². The van der Waals surface area contributed by atoms with E-state index in [1.165, 1.54) is 19.2 Å². The van der Waals surface area contributed by atoms with Gasteiger partial charge in [-0.2, -0.15) is 18.3 Å². The van der Waals surface area contributed by atoms with Crippen molar-refractivity contribution in [3.05, 3.63) is 88.9 Å². The van der Waals surface area contributed by atoms with E-state index in [1.807, 2.05) is 26.0 Å². The highest BCUT2D eigenvalue weighted by Gasteiger charge is 2.58. The molecule has 0 N–H and O–H groups in total. The minimum atomic E-state index is -4.97. The minimum Gasteiger partial charge on any atom is -0.479 e. The number of ether oxygens (including phenoxy) is 1. The monoisotopic (exact) mass is 512 g/mol. The van der Waals surface area contributed by atoms with Gasteiger partial charge >= 0.3 is 12.1 Å². The Morgan fingerprint density at radius 1 is 1.05 bits per heavy atom. The van der Waals surface area contributed by atoms with Crippen LogP contribution in [0.4, 0.5) is 17.6 Å². The second-order valence-corrected chi connectivity index (χ2v) is 9.90. The van der Waals surface area contributed by atoms with Crippen LogP contribution in [0.3, 0.4) is 0 Å². The summed E-state index contributed by atoms with van der Waals surface area (Å²) in [5, 5.41) is 5.14. The summed E-state index contributed by atoms with van der Waals surface area (Å²) in [6.07, 6.45) is -4.12. The Hall–Kier alpha value is -3.72. The largest absolute Gasteiger partial charge is 0.509 e. The number of alkyl halides is 3. The van der Waals surface area contributed by atoms with Crippen molar-refractivity contribution in [2.45, 2.75) is 45.6 Å². The van der Waals surface area contributed by atoms with Gasteiger partial charge in [0.15, 0.2) is 6.10 Å². The molecular weight excluding hydrogens is 486 g/mol. The summed E-state index contributed by atoms with van der Waals surface area (Å²) >= 11 is 0. The van der Waals surface area contributed by atoms with Gasteiger partial charge in [-0.1, -0.05) is 6.07 Å². The summed E-state index contributed by atoms with van der Waals surface area (Å²) in [5.41, 5.74) is 4.82. The minimum absolute atomic E-state index is 0.0701. The van der Waals surface area contributed by atoms with E-state index < -0.39 is 28.7 Å². The van der Waals surface area contributed by atoms with Crippen molar-refractivity contribution in [3.63, 3.8) is 0 Å². The van der Waals surface area contributed by atoms with E-state index in [0.717, 1.165) is 27.6 Å². The van der Waals surface area contributed by atoms with E-state index in [2.05, 4.69) is 5.10 Å². The molecule has 1 unspecified atom stereocenters. The lowest BCUT2D eigenvalue weighted by Gasteiger charge is -2.45. The number of carbonyl (C=O) groups excluding carboxylic acids is 1. The zero-order valence-electron chi connectivity index (χ0n) is 20.8. The number of likely N-dealkylation sites (N-methyl/N-ethyl adjacent to an activating group) is 1. The summed E-state index contributed by atoms with van der Waals surface area (Å²) in [4.78, 5) is 12.6. The van der Waals surface area contributed by atoms with Crippen LogP contribution in [-0.2, 0) is 11.3 Å². The molecule has 0 bridgehead atoms. The first-order valence-corrected chi connectivity index (χ1v) is 11.9. The molecule has 0 saturated carbocycles. The Morgan fingerprint density at radius 3 is 2.41 bits per heavy atom. The SMILES string of the molecule is Cc1cc2c(cc1C)[C@@H](Oc1ccc3c(cnn3-c3ccc(F)cc3)c1)[C@H](C)[N+](C)(C(=O)C(F)(F)F)C2. The van der Waals surface area contributed by atoms with Crippen LogP contribution in [-0.4, -0.2) is 39.4 Å². The van der Waals surface area contributed by atoms with Crippen molar-refractivity contribution in [1.82, 2.24) is 9.78 Å². The first kappa shape index (κ1) is 25.0. The number of amides is 1. The Kier molecular flexibility index (Phi) is 5.86. The Labute approximate surface area is 211 Å². The van der Waals surface area contributed by atoms with Gasteiger partial charge in [-0.3, -0.25) is 0 Å². The molecular formula is C28H26F4N3O2+. The van der Waals surface area contributed by atoms with Gasteiger partial charge in [-0.25, -0.2) is 18.3 Å². The zero-order valence-corrected chi connectivity index (χ0v) is 20.8. The summed E-state index contributed by atoms with van der Waals surface area (Å²) in [5.74, 6) is -1.70. The number of fused-ring (bicyclic) bond motifs is 2. The molecule has 2 heterocycles. The summed E-state index contributed by atoms with van der Waals surface area (Å²) in [6, 6.07) is 14.2. The number of hydrogen-bond donors (Lipinski definition) is 0. The molecule has 3 aromatic carbocycles. The summed E-state index contributed by atoms with van der Waals surface area (Å²) in [6.45, 7) is 5.39. The fourth-order valence-electron chi connectivity index (χ4n) is 5.08. The molecule has 4 aromatic rings. The number of carbonyl (C=O) groups is 1. The van der Waals surface area contributed by atoms with E-state index in [-0.39, 0.29) is 12.4 Å². The Balaban J connectivity index is 1.55. The van der Waals surface area contributed by atoms with Gasteiger partial charge in [-0.15, -0.1) is 0 Å². The van der Waals surface area contributed by atoms with E-state index in [0.29, 0.717) is 17.0 Å². The van der Waals surface area contributed by atoms with Gasteiger partial charge in [0, 0.05) is 16.5 Å². The molecule has 9 heteroatoms. The number of rotatable bonds is 3. The van der Waals surface area contributed by atoms with Crippen molar-refractivity contribution in [3.8, 4) is 11.4 Å². The molecule has 1 aliphatic rings. The molecule has 192 valence electrons. The first-order chi connectivity index (χ1) is 17.4. The quantitative estimate of drug-likeness (QED) is 0.238. The lowest BCUT2D eigenvalue weighted by molar-refractivity contribution is -0.883. The second kappa shape index (κ2) is 8.69. The number of nitrogens with zero attached hydrogens (tertiary/aromatic N) is 3. The lowest BCUT2D eigenvalue weighted by atomic mass is 9.87. The maximum absolute atomic E-state index is 13.6. The van der Waals surface area contributed by atoms with E-state index >= 15 is 0 Å². The number of aromatic nitrogens is 2. The first-order valence-electron chi connectivity index (χ1n) is 11.9. The predicted molar refractivity (Wildman–Crippen MR) is 131 cm³/mol. The average Bonchev–Trinajstić information content (AvgIpc) is 3.26. The number of quaternary nitrogens is 1. The van der Waals surface area contributed by atoms with Crippen molar-refractivity contribution in [2.75, 3.05) is 7.05 Å². The maximum atomic E-state index is 13.6. The topological polar surface area (TPSA) is 44.1 Å². The van der Waals surface area contributed by atoms with Crippen LogP contribution in [0.5, 0.6) is 5.75 Å². The number of aryl methyl sites for hydroxylation is 2. The van der Waals surface area contributed by atoms with Gasteiger partial charge in [-0.05, 0) is 80.4 Å². The highest BCUT2D eigenvalue weighted by molar-refractivity contribution is 5.81. The van der Waals surface area contributed by atoms with Crippen molar-refractivity contribution >= 4 is 16.8 Å². The lowest BCUT2D eigenvalue weighted by Crippen LogP contribution is -2.63. The molecule has 0 spiro atoms. The molecule has 0 saturated heterocycles. The van der Waals surface area contributed by atoms with Crippen molar-refractivity contribution in [2.24, 2.45) is 0 Å². The third-order valence-electron chi connectivity index (χ3n) is 7.48. The number of benzene rings is 3. The predicted octanol–water partition coefficient (Wildman–Crippen LogP) is 6.34. The van der Waals surface area contributed by atoms with Crippen LogP contribution in [0.1, 0.15) is 35.3 Å². The number of hydrogen-bond acceptors (Lipinski definition) is 3. The van der Waals surface area contributed by atoms with Crippen LogP contribution in [0.15, 0.2) is 60.8 Å². The number of halogens is 4. The third-order valence-corrected chi connectivity index (χ3v) is 7.48.